The van der Waals surface area contributed by atoms with Crippen LogP contribution in [0.25, 0.3) is 5.57 Å². The number of hydrogen-bond acceptors (Lipinski definition) is 4. The largest absolute Gasteiger partial charge is 0.390 e. The standard InChI is InChI=1S/C17H22BrN3O2/c1-21(2)9-5-3-4-8-19-11-15-14-10-12(18)6-7-13(14)16(22)20-17(15)23/h6-7,10-11,19H,3-5,8-9H2,1-2H3,(H,20,22,23)/b15-11+. The fourth-order valence-corrected chi connectivity index (χ4v) is 2.81. The lowest BCUT2D eigenvalue weighted by atomic mass is 9.95. The lowest BCUT2D eigenvalue weighted by Crippen LogP contribution is -2.37. The fourth-order valence-electron chi connectivity index (χ4n) is 2.45. The Hall–Kier alpha value is -1.66. The van der Waals surface area contributed by atoms with E-state index in [1.54, 1.807) is 24.4 Å². The van der Waals surface area contributed by atoms with Crippen LogP contribution in [0.15, 0.2) is 28.9 Å². The van der Waals surface area contributed by atoms with Crippen LogP contribution in [0.1, 0.15) is 35.2 Å². The van der Waals surface area contributed by atoms with Crippen molar-refractivity contribution < 1.29 is 9.59 Å². The molecule has 23 heavy (non-hydrogen) atoms. The molecule has 0 unspecified atom stereocenters. The molecule has 0 bridgehead atoms. The molecular weight excluding hydrogens is 358 g/mol. The molecule has 0 spiro atoms. The van der Waals surface area contributed by atoms with Crippen LogP contribution in [0.4, 0.5) is 0 Å². The maximum atomic E-state index is 12.1. The highest BCUT2D eigenvalue weighted by Gasteiger charge is 2.27. The number of hydrogen-bond donors (Lipinski definition) is 2. The zero-order chi connectivity index (χ0) is 16.8. The maximum absolute atomic E-state index is 12.1. The van der Waals surface area contributed by atoms with E-state index in [-0.39, 0.29) is 11.8 Å². The minimum atomic E-state index is -0.360. The van der Waals surface area contributed by atoms with Gasteiger partial charge in [0.15, 0.2) is 0 Å². The second kappa shape index (κ2) is 8.26. The van der Waals surface area contributed by atoms with E-state index < -0.39 is 0 Å². The van der Waals surface area contributed by atoms with Crippen LogP contribution >= 0.6 is 15.9 Å². The molecule has 0 aliphatic carbocycles. The van der Waals surface area contributed by atoms with Crippen LogP contribution in [-0.2, 0) is 4.79 Å². The van der Waals surface area contributed by atoms with Crippen molar-refractivity contribution in [2.75, 3.05) is 27.2 Å². The topological polar surface area (TPSA) is 61.4 Å². The first-order chi connectivity index (χ1) is 11.0. The Morgan fingerprint density at radius 1 is 1.13 bits per heavy atom. The first-order valence-corrected chi connectivity index (χ1v) is 8.52. The Labute approximate surface area is 145 Å². The molecule has 0 saturated heterocycles. The fraction of sp³-hybridized carbons (Fsp3) is 0.412. The summed E-state index contributed by atoms with van der Waals surface area (Å²) in [6.45, 7) is 1.90. The van der Waals surface area contributed by atoms with Crippen LogP contribution in [0.2, 0.25) is 0 Å². The van der Waals surface area contributed by atoms with Gasteiger partial charge in [-0.2, -0.15) is 0 Å². The van der Waals surface area contributed by atoms with Crippen LogP contribution in [0, 0.1) is 0 Å². The molecule has 0 atom stereocenters. The summed E-state index contributed by atoms with van der Waals surface area (Å²) in [5.41, 5.74) is 1.68. The normalized spacial score (nSPS) is 15.7. The zero-order valence-electron chi connectivity index (χ0n) is 13.5. The Morgan fingerprint density at radius 2 is 1.91 bits per heavy atom. The molecule has 0 radical (unpaired) electrons. The van der Waals surface area contributed by atoms with Crippen molar-refractivity contribution in [1.82, 2.24) is 15.5 Å². The first kappa shape index (κ1) is 17.7. The average Bonchev–Trinajstić information content (AvgIpc) is 2.48. The van der Waals surface area contributed by atoms with Gasteiger partial charge in [-0.15, -0.1) is 0 Å². The number of halogens is 1. The predicted octanol–water partition coefficient (Wildman–Crippen LogP) is 2.38. The summed E-state index contributed by atoms with van der Waals surface area (Å²) in [5.74, 6) is -0.709. The molecule has 1 aliphatic rings. The SMILES string of the molecule is CN(C)CCCCCN/C=C1/C(=O)NC(=O)c2ccc(Br)cc21. The zero-order valence-corrected chi connectivity index (χ0v) is 15.1. The van der Waals surface area contributed by atoms with Gasteiger partial charge in [-0.1, -0.05) is 22.4 Å². The summed E-state index contributed by atoms with van der Waals surface area (Å²) in [4.78, 5) is 26.1. The number of nitrogens with one attached hydrogen (secondary N) is 2. The Morgan fingerprint density at radius 3 is 2.65 bits per heavy atom. The number of rotatable bonds is 7. The minimum absolute atomic E-state index is 0.349. The number of imide groups is 1. The maximum Gasteiger partial charge on any atom is 0.260 e. The van der Waals surface area contributed by atoms with Crippen molar-refractivity contribution in [1.29, 1.82) is 0 Å². The Bertz CT molecular complexity index is 626. The highest BCUT2D eigenvalue weighted by Crippen LogP contribution is 2.26. The molecule has 0 fully saturated rings. The van der Waals surface area contributed by atoms with Crippen molar-refractivity contribution in [3.8, 4) is 0 Å². The molecule has 0 saturated carbocycles. The molecule has 1 aliphatic heterocycles. The lowest BCUT2D eigenvalue weighted by Gasteiger charge is -2.18. The van der Waals surface area contributed by atoms with Crippen molar-refractivity contribution in [2.45, 2.75) is 19.3 Å². The molecule has 1 aromatic rings. The monoisotopic (exact) mass is 379 g/mol. The van der Waals surface area contributed by atoms with E-state index in [1.165, 1.54) is 0 Å². The third-order valence-electron chi connectivity index (χ3n) is 3.66. The lowest BCUT2D eigenvalue weighted by molar-refractivity contribution is -0.114. The van der Waals surface area contributed by atoms with E-state index in [2.05, 4.69) is 45.6 Å². The van der Waals surface area contributed by atoms with Crippen molar-refractivity contribution in [3.05, 3.63) is 40.0 Å². The highest BCUT2D eigenvalue weighted by atomic mass is 79.9. The van der Waals surface area contributed by atoms with E-state index in [9.17, 15) is 9.59 Å². The smallest absolute Gasteiger partial charge is 0.260 e. The van der Waals surface area contributed by atoms with Gasteiger partial charge in [0.1, 0.15) is 0 Å². The van der Waals surface area contributed by atoms with Gasteiger partial charge in [-0.25, -0.2) is 0 Å². The number of fused-ring (bicyclic) bond motifs is 1. The van der Waals surface area contributed by atoms with Gasteiger partial charge < -0.3 is 10.2 Å². The predicted molar refractivity (Wildman–Crippen MR) is 95.0 cm³/mol. The molecule has 124 valence electrons. The number of nitrogens with zero attached hydrogens (tertiary/aromatic N) is 1. The Kier molecular flexibility index (Phi) is 6.36. The van der Waals surface area contributed by atoms with Gasteiger partial charge in [0.05, 0.1) is 5.57 Å². The minimum Gasteiger partial charge on any atom is -0.390 e. The van der Waals surface area contributed by atoms with E-state index in [0.29, 0.717) is 16.7 Å². The molecule has 2 amide bonds. The van der Waals surface area contributed by atoms with E-state index in [4.69, 9.17) is 0 Å². The van der Waals surface area contributed by atoms with Gasteiger partial charge in [0.2, 0.25) is 0 Å². The van der Waals surface area contributed by atoms with E-state index in [1.807, 2.05) is 0 Å². The molecule has 5 nitrogen and oxygen atoms in total. The summed E-state index contributed by atoms with van der Waals surface area (Å²) in [5, 5.41) is 5.56. The number of amides is 2. The van der Waals surface area contributed by atoms with E-state index in [0.717, 1.165) is 36.8 Å². The summed E-state index contributed by atoms with van der Waals surface area (Å²) in [6.07, 6.45) is 5.06. The molecular formula is C17H22BrN3O2. The second-order valence-corrected chi connectivity index (χ2v) is 6.76. The molecule has 0 aromatic heterocycles. The third kappa shape index (κ3) is 4.91. The van der Waals surface area contributed by atoms with Crippen molar-refractivity contribution in [3.63, 3.8) is 0 Å². The number of carbonyl (C=O) groups is 2. The highest BCUT2D eigenvalue weighted by molar-refractivity contribution is 9.10. The third-order valence-corrected chi connectivity index (χ3v) is 4.15. The van der Waals surface area contributed by atoms with Gasteiger partial charge in [0, 0.05) is 28.3 Å². The summed E-state index contributed by atoms with van der Waals surface area (Å²) < 4.78 is 0.841. The summed E-state index contributed by atoms with van der Waals surface area (Å²) in [6, 6.07) is 5.32. The molecule has 2 N–H and O–H groups in total. The first-order valence-electron chi connectivity index (χ1n) is 7.73. The quantitative estimate of drug-likeness (QED) is 0.433. The van der Waals surface area contributed by atoms with Crippen LogP contribution in [0.3, 0.4) is 0 Å². The number of benzene rings is 1. The van der Waals surface area contributed by atoms with Gasteiger partial charge in [-0.3, -0.25) is 14.9 Å². The Balaban J connectivity index is 1.96. The number of unbranched alkanes of at least 4 members (excludes halogenated alkanes) is 2. The van der Waals surface area contributed by atoms with Crippen LogP contribution in [0.5, 0.6) is 0 Å². The summed E-state index contributed by atoms with van der Waals surface area (Å²) >= 11 is 3.39. The van der Waals surface area contributed by atoms with Gasteiger partial charge in [-0.05, 0) is 51.7 Å². The average molecular weight is 380 g/mol. The second-order valence-electron chi connectivity index (χ2n) is 5.85. The van der Waals surface area contributed by atoms with Gasteiger partial charge in [0.25, 0.3) is 11.8 Å². The van der Waals surface area contributed by atoms with Crippen molar-refractivity contribution in [2.24, 2.45) is 0 Å². The molecule has 1 aromatic carbocycles. The van der Waals surface area contributed by atoms with Crippen molar-refractivity contribution >= 4 is 33.3 Å². The van der Waals surface area contributed by atoms with Crippen LogP contribution in [-0.4, -0.2) is 43.9 Å². The molecule has 6 heteroatoms. The van der Waals surface area contributed by atoms with Crippen LogP contribution < -0.4 is 10.6 Å². The summed E-state index contributed by atoms with van der Waals surface area (Å²) in [7, 11) is 4.14. The van der Waals surface area contributed by atoms with E-state index >= 15 is 0 Å². The van der Waals surface area contributed by atoms with Gasteiger partial charge >= 0.3 is 0 Å². The molecule has 1 heterocycles. The molecule has 2 rings (SSSR count). The number of carbonyl (C=O) groups excluding carboxylic acids is 2.